The molecule has 0 aromatic heterocycles. The molecule has 1 N–H and O–H groups in total. The van der Waals surface area contributed by atoms with E-state index in [0.717, 1.165) is 32.9 Å². The third-order valence-corrected chi connectivity index (χ3v) is 28.9. The van der Waals surface area contributed by atoms with Crippen molar-refractivity contribution >= 4 is 65.9 Å². The Morgan fingerprint density at radius 1 is 0.189 bits per heavy atom. The van der Waals surface area contributed by atoms with Crippen LogP contribution in [0.5, 0.6) is 0 Å². The van der Waals surface area contributed by atoms with E-state index in [0.29, 0.717) is 0 Å². The van der Waals surface area contributed by atoms with E-state index in [9.17, 15) is 0 Å². The molecule has 2 spiro atoms. The standard InChI is InChI=1S/C62H43N.C35H21Br.C27H23N/c1-61(2)54-23-10-9-22-50(54)51-35-32-49(39-57(51)61)63(47-30-26-42(27-31-47)40-14-5-3-6-15-40)48-21-11-20-44(36-48)46-29-34-53-52-33-28-45(41-16-7-4-8-17-41)37-58(52)62(59(53)38-46)55-24-12-18-43-19-13-25-56(62)60(43)55;36-27-12-4-11-24(19-27)26-16-18-29-28-17-15-25(22-7-2-1-3-8-22)20-32(28)35(33(29)21-26)30-13-5-9-23-10-6-14-31(35)34(23)30;1-27(2)25-11-7-6-10-23(25)24-17-16-22(18-26(24)27)28-21-14-12-20(13-15-21)19-8-4-3-5-9-19/h3-39H,1-2H3;1-21H;3-18,28H,1-2H3. The monoisotopic (exact) mass is 1680 g/mol. The molecule has 0 bridgehead atoms. The molecule has 127 heavy (non-hydrogen) atoms. The average Bonchev–Trinajstić information content (AvgIpc) is 1.53. The second-order valence-electron chi connectivity index (χ2n) is 35.9. The molecule has 0 saturated heterocycles. The van der Waals surface area contributed by atoms with Crippen LogP contribution in [0.3, 0.4) is 0 Å². The lowest BCUT2D eigenvalue weighted by Gasteiger charge is -2.43. The third kappa shape index (κ3) is 11.9. The van der Waals surface area contributed by atoms with Gasteiger partial charge < -0.3 is 10.2 Å². The minimum absolute atomic E-state index is 0.0286. The minimum atomic E-state index is -0.347. The summed E-state index contributed by atoms with van der Waals surface area (Å²) in [6.07, 6.45) is 0. The molecule has 6 aliphatic rings. The highest BCUT2D eigenvalue weighted by molar-refractivity contribution is 9.10. The summed E-state index contributed by atoms with van der Waals surface area (Å²) in [7, 11) is 0. The molecule has 26 rings (SSSR count). The molecule has 0 aliphatic heterocycles. The van der Waals surface area contributed by atoms with Gasteiger partial charge in [-0.15, -0.1) is 0 Å². The highest BCUT2D eigenvalue weighted by atomic mass is 79.9. The maximum absolute atomic E-state index is 3.66. The zero-order valence-electron chi connectivity index (χ0n) is 71.0. The van der Waals surface area contributed by atoms with Gasteiger partial charge in [0.15, 0.2) is 0 Å². The Hall–Kier alpha value is -15.0. The number of benzene rings is 20. The van der Waals surface area contributed by atoms with Gasteiger partial charge in [-0.1, -0.05) is 395 Å². The van der Waals surface area contributed by atoms with Crippen molar-refractivity contribution in [3.05, 3.63) is 520 Å². The van der Waals surface area contributed by atoms with E-state index in [1.54, 1.807) is 0 Å². The van der Waals surface area contributed by atoms with Gasteiger partial charge in [0, 0.05) is 43.7 Å². The first-order chi connectivity index (χ1) is 62.4. The number of hydrogen-bond acceptors (Lipinski definition) is 2. The molecule has 0 unspecified atom stereocenters. The molecule has 20 aromatic rings. The fourth-order valence-electron chi connectivity index (χ4n) is 22.4. The van der Waals surface area contributed by atoms with Gasteiger partial charge >= 0.3 is 0 Å². The Morgan fingerprint density at radius 2 is 0.472 bits per heavy atom. The first-order valence-corrected chi connectivity index (χ1v) is 45.1. The first kappa shape index (κ1) is 75.7. The number of hydrogen-bond donors (Lipinski definition) is 1. The summed E-state index contributed by atoms with van der Waals surface area (Å²) in [5.74, 6) is 0. The summed E-state index contributed by atoms with van der Waals surface area (Å²) in [6, 6.07) is 165. The number of halogens is 1. The van der Waals surface area contributed by atoms with Crippen LogP contribution in [-0.2, 0) is 21.7 Å². The van der Waals surface area contributed by atoms with E-state index in [-0.39, 0.29) is 21.7 Å². The zero-order chi connectivity index (χ0) is 84.9. The Balaban J connectivity index is 0.000000118. The Bertz CT molecular complexity index is 7760. The van der Waals surface area contributed by atoms with Crippen molar-refractivity contribution in [1.82, 2.24) is 0 Å². The second-order valence-corrected chi connectivity index (χ2v) is 36.8. The SMILES string of the molecule is Brc1cccc(-c2ccc3c(c2)C2(c4cc(-c5ccccc5)ccc4-3)c3cccc4cccc2c34)c1.CC1(C)c2ccccc2-c2ccc(N(c3ccc(-c4ccccc4)cc3)c3cccc(-c4ccc5c(c4)C4(c6cc(-c7ccccc7)ccc6-5)c5cccc6cccc4c56)c3)cc21.CC1(C)c2ccccc2-c2ccc(Nc3ccc(-c4ccccc4)cc3)cc21. The van der Waals surface area contributed by atoms with Crippen molar-refractivity contribution in [2.75, 3.05) is 10.2 Å². The molecule has 0 saturated carbocycles. The maximum atomic E-state index is 3.66. The molecule has 0 heterocycles. The van der Waals surface area contributed by atoms with E-state index in [1.807, 2.05) is 6.07 Å². The predicted molar refractivity (Wildman–Crippen MR) is 536 cm³/mol. The van der Waals surface area contributed by atoms with Crippen LogP contribution in [0, 0.1) is 0 Å². The number of fused-ring (bicyclic) bond motifs is 20. The number of anilines is 5. The van der Waals surface area contributed by atoms with E-state index >= 15 is 0 Å². The lowest BCUT2D eigenvalue weighted by molar-refractivity contribution is 0.660. The molecular weight excluding hydrogens is 1600 g/mol. The van der Waals surface area contributed by atoms with Gasteiger partial charge in [0.25, 0.3) is 0 Å². The van der Waals surface area contributed by atoms with Crippen molar-refractivity contribution in [3.63, 3.8) is 0 Å². The molecule has 3 heteroatoms. The van der Waals surface area contributed by atoms with Crippen LogP contribution in [0.25, 0.3) is 133 Å². The molecular formula is C124H87BrN2. The van der Waals surface area contributed by atoms with Crippen LogP contribution in [-0.4, -0.2) is 0 Å². The van der Waals surface area contributed by atoms with Crippen molar-refractivity contribution < 1.29 is 0 Å². The highest BCUT2D eigenvalue weighted by Crippen LogP contribution is 2.67. The Labute approximate surface area is 751 Å². The lowest BCUT2D eigenvalue weighted by atomic mass is 9.57. The maximum Gasteiger partial charge on any atom is 0.0726 e. The number of nitrogens with zero attached hydrogens (tertiary/aromatic N) is 1. The van der Waals surface area contributed by atoms with Crippen molar-refractivity contribution in [2.24, 2.45) is 0 Å². The van der Waals surface area contributed by atoms with Crippen molar-refractivity contribution in [1.29, 1.82) is 0 Å². The largest absolute Gasteiger partial charge is 0.356 e. The average molecular weight is 1680 g/mol. The summed E-state index contributed by atoms with van der Waals surface area (Å²) < 4.78 is 1.10. The summed E-state index contributed by atoms with van der Waals surface area (Å²) >= 11 is 3.66. The Kier molecular flexibility index (Phi) is 17.6. The van der Waals surface area contributed by atoms with Crippen LogP contribution in [0.4, 0.5) is 28.4 Å². The molecule has 0 amide bonds. The van der Waals surface area contributed by atoms with Crippen LogP contribution in [0.15, 0.2) is 453 Å². The molecule has 0 atom stereocenters. The summed E-state index contributed by atoms with van der Waals surface area (Å²) in [4.78, 5) is 2.44. The fraction of sp³-hybridized carbons (Fsp3) is 0.0645. The molecule has 0 fully saturated rings. The second kappa shape index (κ2) is 29.6. The van der Waals surface area contributed by atoms with Gasteiger partial charge in [-0.05, 0) is 297 Å². The van der Waals surface area contributed by atoms with Gasteiger partial charge in [-0.2, -0.15) is 0 Å². The predicted octanol–water partition coefficient (Wildman–Crippen LogP) is 33.3. The molecule has 2 nitrogen and oxygen atoms in total. The van der Waals surface area contributed by atoms with Gasteiger partial charge in [0.05, 0.1) is 10.8 Å². The Morgan fingerprint density at radius 3 is 0.913 bits per heavy atom. The number of nitrogens with one attached hydrogen (secondary N) is 1. The fourth-order valence-corrected chi connectivity index (χ4v) is 22.8. The zero-order valence-corrected chi connectivity index (χ0v) is 72.6. The van der Waals surface area contributed by atoms with Crippen molar-refractivity contribution in [3.8, 4) is 111 Å². The lowest BCUT2D eigenvalue weighted by Crippen LogP contribution is -2.36. The summed E-state index contributed by atoms with van der Waals surface area (Å²) in [6.45, 7) is 9.36. The summed E-state index contributed by atoms with van der Waals surface area (Å²) in [5, 5.41) is 9.02. The smallest absolute Gasteiger partial charge is 0.0726 e. The quantitative estimate of drug-likeness (QED) is 0.139. The topological polar surface area (TPSA) is 15.3 Å². The molecule has 600 valence electrons. The third-order valence-electron chi connectivity index (χ3n) is 28.4. The van der Waals surface area contributed by atoms with Gasteiger partial charge in [0.1, 0.15) is 0 Å². The van der Waals surface area contributed by atoms with E-state index in [1.165, 1.54) is 200 Å². The van der Waals surface area contributed by atoms with Gasteiger partial charge in [-0.3, -0.25) is 0 Å². The van der Waals surface area contributed by atoms with Crippen LogP contribution < -0.4 is 10.2 Å². The van der Waals surface area contributed by atoms with Crippen LogP contribution in [0.2, 0.25) is 0 Å². The molecule has 20 aromatic carbocycles. The van der Waals surface area contributed by atoms with E-state index < -0.39 is 0 Å². The van der Waals surface area contributed by atoms with Gasteiger partial charge in [-0.25, -0.2) is 0 Å². The van der Waals surface area contributed by atoms with E-state index in [2.05, 4.69) is 497 Å². The first-order valence-electron chi connectivity index (χ1n) is 44.3. The van der Waals surface area contributed by atoms with Crippen LogP contribution in [0.1, 0.15) is 94.5 Å². The summed E-state index contributed by atoms with van der Waals surface area (Å²) in [5.41, 5.74) is 47.2. The van der Waals surface area contributed by atoms with E-state index in [4.69, 9.17) is 0 Å². The molecule has 6 aliphatic carbocycles. The van der Waals surface area contributed by atoms with Crippen molar-refractivity contribution in [2.45, 2.75) is 49.4 Å². The minimum Gasteiger partial charge on any atom is -0.356 e. The van der Waals surface area contributed by atoms with Crippen LogP contribution >= 0.6 is 15.9 Å². The number of rotatable bonds is 11. The normalized spacial score (nSPS) is 14.0. The van der Waals surface area contributed by atoms with Gasteiger partial charge in [0.2, 0.25) is 0 Å². The molecule has 0 radical (unpaired) electrons. The highest BCUT2D eigenvalue weighted by Gasteiger charge is 2.55.